The standard InChI is InChI=1S/C13H16/c1-9(2)12-8-13(12)11-6-4-5-10(3)7-11/h4-7,12-13H,1,8H2,2-3H3. The summed E-state index contributed by atoms with van der Waals surface area (Å²) < 4.78 is 0. The molecule has 0 amide bonds. The van der Waals surface area contributed by atoms with Gasteiger partial charge in [-0.2, -0.15) is 0 Å². The lowest BCUT2D eigenvalue weighted by Gasteiger charge is -2.01. The summed E-state index contributed by atoms with van der Waals surface area (Å²) in [5.41, 5.74) is 4.20. The third-order valence-electron chi connectivity index (χ3n) is 2.89. The molecule has 0 spiro atoms. The van der Waals surface area contributed by atoms with Crippen molar-refractivity contribution in [3.8, 4) is 0 Å². The van der Waals surface area contributed by atoms with Crippen LogP contribution in [0.25, 0.3) is 0 Å². The first kappa shape index (κ1) is 8.55. The summed E-state index contributed by atoms with van der Waals surface area (Å²) in [7, 11) is 0. The van der Waals surface area contributed by atoms with Crippen LogP contribution in [-0.4, -0.2) is 0 Å². The number of aryl methyl sites for hydroxylation is 1. The second-order valence-electron chi connectivity index (χ2n) is 4.21. The van der Waals surface area contributed by atoms with Crippen molar-refractivity contribution in [2.24, 2.45) is 5.92 Å². The maximum absolute atomic E-state index is 4.02. The lowest BCUT2D eigenvalue weighted by atomic mass is 10.0. The van der Waals surface area contributed by atoms with Crippen LogP contribution in [0.15, 0.2) is 36.4 Å². The molecule has 1 saturated carbocycles. The monoisotopic (exact) mass is 172 g/mol. The van der Waals surface area contributed by atoms with E-state index in [1.807, 2.05) is 0 Å². The first-order valence-corrected chi connectivity index (χ1v) is 4.90. The second kappa shape index (κ2) is 3.02. The average molecular weight is 172 g/mol. The van der Waals surface area contributed by atoms with Crippen LogP contribution < -0.4 is 0 Å². The summed E-state index contributed by atoms with van der Waals surface area (Å²) in [4.78, 5) is 0. The molecule has 2 rings (SSSR count). The number of allylic oxidation sites excluding steroid dienone is 1. The molecular formula is C13H16. The molecule has 0 heteroatoms. The van der Waals surface area contributed by atoms with Gasteiger partial charge in [-0.1, -0.05) is 42.0 Å². The maximum Gasteiger partial charge on any atom is -0.00903 e. The fourth-order valence-electron chi connectivity index (χ4n) is 2.01. The number of rotatable bonds is 2. The quantitative estimate of drug-likeness (QED) is 0.597. The van der Waals surface area contributed by atoms with Gasteiger partial charge >= 0.3 is 0 Å². The third-order valence-corrected chi connectivity index (χ3v) is 2.89. The van der Waals surface area contributed by atoms with E-state index in [2.05, 4.69) is 44.7 Å². The van der Waals surface area contributed by atoms with Crippen LogP contribution in [0.5, 0.6) is 0 Å². The van der Waals surface area contributed by atoms with Crippen molar-refractivity contribution in [3.63, 3.8) is 0 Å². The predicted octanol–water partition coefficient (Wildman–Crippen LogP) is 3.67. The fraction of sp³-hybridized carbons (Fsp3) is 0.385. The normalized spacial score (nSPS) is 25.7. The summed E-state index contributed by atoms with van der Waals surface area (Å²) >= 11 is 0. The van der Waals surface area contributed by atoms with Gasteiger partial charge < -0.3 is 0 Å². The number of hydrogen-bond donors (Lipinski definition) is 0. The molecule has 2 atom stereocenters. The van der Waals surface area contributed by atoms with E-state index >= 15 is 0 Å². The van der Waals surface area contributed by atoms with Crippen LogP contribution >= 0.6 is 0 Å². The lowest BCUT2D eigenvalue weighted by Crippen LogP contribution is -1.84. The summed E-state index contributed by atoms with van der Waals surface area (Å²) in [6, 6.07) is 8.84. The summed E-state index contributed by atoms with van der Waals surface area (Å²) in [5.74, 6) is 1.51. The van der Waals surface area contributed by atoms with Crippen molar-refractivity contribution in [1.82, 2.24) is 0 Å². The molecule has 1 aliphatic carbocycles. The van der Waals surface area contributed by atoms with Gasteiger partial charge in [0.2, 0.25) is 0 Å². The Kier molecular flexibility index (Phi) is 1.99. The highest BCUT2D eigenvalue weighted by Gasteiger charge is 2.38. The Hall–Kier alpha value is -1.04. The molecular weight excluding hydrogens is 156 g/mol. The molecule has 1 aliphatic rings. The molecule has 0 aromatic heterocycles. The highest BCUT2D eigenvalue weighted by atomic mass is 14.4. The zero-order valence-electron chi connectivity index (χ0n) is 8.38. The molecule has 0 saturated heterocycles. The van der Waals surface area contributed by atoms with E-state index in [1.165, 1.54) is 23.1 Å². The summed E-state index contributed by atoms with van der Waals surface area (Å²) in [6.45, 7) is 8.31. The van der Waals surface area contributed by atoms with Gasteiger partial charge in [0.1, 0.15) is 0 Å². The van der Waals surface area contributed by atoms with Gasteiger partial charge in [-0.3, -0.25) is 0 Å². The molecule has 0 N–H and O–H groups in total. The molecule has 1 fully saturated rings. The van der Waals surface area contributed by atoms with Gasteiger partial charge in [0.25, 0.3) is 0 Å². The molecule has 1 aromatic carbocycles. The van der Waals surface area contributed by atoms with E-state index in [4.69, 9.17) is 0 Å². The van der Waals surface area contributed by atoms with Gasteiger partial charge in [0.05, 0.1) is 0 Å². The van der Waals surface area contributed by atoms with Gasteiger partial charge in [0, 0.05) is 0 Å². The minimum atomic E-state index is 0.752. The van der Waals surface area contributed by atoms with E-state index in [-0.39, 0.29) is 0 Å². The minimum Gasteiger partial charge on any atom is -0.0998 e. The van der Waals surface area contributed by atoms with Crippen LogP contribution in [-0.2, 0) is 0 Å². The van der Waals surface area contributed by atoms with Crippen LogP contribution in [0.4, 0.5) is 0 Å². The smallest absolute Gasteiger partial charge is 0.00903 e. The Morgan fingerprint density at radius 1 is 1.46 bits per heavy atom. The molecule has 1 aromatic rings. The molecule has 0 heterocycles. The van der Waals surface area contributed by atoms with E-state index < -0.39 is 0 Å². The van der Waals surface area contributed by atoms with Crippen molar-refractivity contribution in [1.29, 1.82) is 0 Å². The molecule has 0 radical (unpaired) electrons. The summed E-state index contributed by atoms with van der Waals surface area (Å²) in [5, 5.41) is 0. The first-order valence-electron chi connectivity index (χ1n) is 4.90. The Morgan fingerprint density at radius 3 is 2.77 bits per heavy atom. The van der Waals surface area contributed by atoms with Crippen LogP contribution in [0, 0.1) is 12.8 Å². The first-order chi connectivity index (χ1) is 6.18. The fourth-order valence-corrected chi connectivity index (χ4v) is 2.01. The molecule has 13 heavy (non-hydrogen) atoms. The highest BCUT2D eigenvalue weighted by Crippen LogP contribution is 2.51. The second-order valence-corrected chi connectivity index (χ2v) is 4.21. The van der Waals surface area contributed by atoms with Crippen molar-refractivity contribution in [3.05, 3.63) is 47.5 Å². The highest BCUT2D eigenvalue weighted by molar-refractivity contribution is 5.33. The van der Waals surface area contributed by atoms with Gasteiger partial charge in [-0.25, -0.2) is 0 Å². The largest absolute Gasteiger partial charge is 0.0998 e. The Balaban J connectivity index is 2.16. The number of hydrogen-bond acceptors (Lipinski definition) is 0. The van der Waals surface area contributed by atoms with E-state index in [0.29, 0.717) is 0 Å². The predicted molar refractivity (Wildman–Crippen MR) is 56.8 cm³/mol. The maximum atomic E-state index is 4.02. The topological polar surface area (TPSA) is 0 Å². The van der Waals surface area contributed by atoms with Gasteiger partial charge in [-0.15, -0.1) is 0 Å². The van der Waals surface area contributed by atoms with Crippen LogP contribution in [0.1, 0.15) is 30.4 Å². The molecule has 68 valence electrons. The molecule has 0 nitrogen and oxygen atoms in total. The van der Waals surface area contributed by atoms with Gasteiger partial charge in [0.15, 0.2) is 0 Å². The van der Waals surface area contributed by atoms with Crippen molar-refractivity contribution < 1.29 is 0 Å². The molecule has 2 unspecified atom stereocenters. The molecule has 0 aliphatic heterocycles. The van der Waals surface area contributed by atoms with E-state index in [0.717, 1.165) is 11.8 Å². The zero-order valence-corrected chi connectivity index (χ0v) is 8.38. The minimum absolute atomic E-state index is 0.752. The third kappa shape index (κ3) is 1.67. The van der Waals surface area contributed by atoms with Gasteiger partial charge in [-0.05, 0) is 37.7 Å². The van der Waals surface area contributed by atoms with Crippen LogP contribution in [0.2, 0.25) is 0 Å². The molecule has 0 bridgehead atoms. The van der Waals surface area contributed by atoms with Crippen molar-refractivity contribution in [2.75, 3.05) is 0 Å². The Bertz CT molecular complexity index is 336. The Labute approximate surface area is 80.3 Å². The summed E-state index contributed by atoms with van der Waals surface area (Å²) in [6.07, 6.45) is 1.30. The van der Waals surface area contributed by atoms with Crippen molar-refractivity contribution in [2.45, 2.75) is 26.2 Å². The SMILES string of the molecule is C=C(C)C1CC1c1cccc(C)c1. The van der Waals surface area contributed by atoms with E-state index in [1.54, 1.807) is 0 Å². The van der Waals surface area contributed by atoms with Crippen molar-refractivity contribution >= 4 is 0 Å². The van der Waals surface area contributed by atoms with E-state index in [9.17, 15) is 0 Å². The Morgan fingerprint density at radius 2 is 2.23 bits per heavy atom. The lowest BCUT2D eigenvalue weighted by molar-refractivity contribution is 0.943. The number of benzene rings is 1. The average Bonchev–Trinajstić information content (AvgIpc) is 2.82. The zero-order chi connectivity index (χ0) is 9.42. The van der Waals surface area contributed by atoms with Crippen LogP contribution in [0.3, 0.4) is 0 Å².